The Morgan fingerprint density at radius 1 is 0.900 bits per heavy atom. The van der Waals surface area contributed by atoms with E-state index in [2.05, 4.69) is 39.3 Å². The van der Waals surface area contributed by atoms with Crippen molar-refractivity contribution in [3.63, 3.8) is 0 Å². The van der Waals surface area contributed by atoms with Gasteiger partial charge in [0, 0.05) is 19.9 Å². The van der Waals surface area contributed by atoms with Gasteiger partial charge >= 0.3 is 0 Å². The van der Waals surface area contributed by atoms with Crippen LogP contribution in [-0.2, 0) is 7.05 Å². The molecule has 0 radical (unpaired) electrons. The van der Waals surface area contributed by atoms with Crippen molar-refractivity contribution in [3.05, 3.63) is 22.5 Å². The predicted molar refractivity (Wildman–Crippen MR) is 46.5 cm³/mol. The Morgan fingerprint density at radius 3 is 1.30 bits per heavy atom. The summed E-state index contributed by atoms with van der Waals surface area (Å²) in [6, 6.07) is 0. The van der Waals surface area contributed by atoms with Crippen molar-refractivity contribution in [2.45, 2.75) is 27.7 Å². The molecule has 0 fully saturated rings. The van der Waals surface area contributed by atoms with Crippen molar-refractivity contribution in [2.75, 3.05) is 0 Å². The summed E-state index contributed by atoms with van der Waals surface area (Å²) in [6.07, 6.45) is 0. The Labute approximate surface area is 64.2 Å². The molecule has 0 N–H and O–H groups in total. The van der Waals surface area contributed by atoms with E-state index in [-0.39, 0.29) is 1.43 Å². The monoisotopic (exact) mass is 139 g/mol. The minimum absolute atomic E-state index is 0. The smallest absolute Gasteiger partial charge is 0.0175 e. The van der Waals surface area contributed by atoms with Crippen LogP contribution in [0.2, 0.25) is 0 Å². The lowest BCUT2D eigenvalue weighted by atomic mass is 10.2. The second-order valence-corrected chi connectivity index (χ2v) is 2.98. The Bertz CT molecular complexity index is 181. The maximum atomic E-state index is 2.24. The highest BCUT2D eigenvalue weighted by atomic mass is 15.0. The number of hydrogen-bond acceptors (Lipinski definition) is 0. The molecule has 0 amide bonds. The highest BCUT2D eigenvalue weighted by Gasteiger charge is 2.06. The molecule has 0 aromatic carbocycles. The van der Waals surface area contributed by atoms with Crippen molar-refractivity contribution >= 4 is 0 Å². The largest absolute Gasteiger partial charge is 0.352 e. The molecule has 58 valence electrons. The van der Waals surface area contributed by atoms with Crippen LogP contribution < -0.4 is 0 Å². The predicted octanol–water partition coefficient (Wildman–Crippen LogP) is 2.50. The second kappa shape index (κ2) is 2.15. The minimum atomic E-state index is 0. The fraction of sp³-hybridized carbons (Fsp3) is 0.556. The summed E-state index contributed by atoms with van der Waals surface area (Å²) in [7, 11) is 2.12. The normalized spacial score (nSPS) is 10.5. The third-order valence-corrected chi connectivity index (χ3v) is 2.65. The number of aromatic nitrogens is 1. The first-order valence-electron chi connectivity index (χ1n) is 3.64. The fourth-order valence-electron chi connectivity index (χ4n) is 1.30. The quantitative estimate of drug-likeness (QED) is 0.520. The number of nitrogens with zero attached hydrogens (tertiary/aromatic N) is 1. The lowest BCUT2D eigenvalue weighted by molar-refractivity contribution is 0.838. The van der Waals surface area contributed by atoms with Crippen molar-refractivity contribution < 1.29 is 1.43 Å². The van der Waals surface area contributed by atoms with Crippen LogP contribution in [0, 0.1) is 27.7 Å². The van der Waals surface area contributed by atoms with Crippen LogP contribution in [0.1, 0.15) is 23.9 Å². The van der Waals surface area contributed by atoms with Gasteiger partial charge in [0.25, 0.3) is 0 Å². The molecule has 1 aromatic rings. The zero-order valence-electron chi connectivity index (χ0n) is 7.45. The molecule has 0 saturated heterocycles. The summed E-state index contributed by atoms with van der Waals surface area (Å²) in [5.74, 6) is 0. The van der Waals surface area contributed by atoms with E-state index in [4.69, 9.17) is 0 Å². The summed E-state index contributed by atoms with van der Waals surface area (Å²) in [5, 5.41) is 0. The molecule has 0 spiro atoms. The third kappa shape index (κ3) is 0.772. The zero-order chi connectivity index (χ0) is 7.89. The second-order valence-electron chi connectivity index (χ2n) is 2.98. The van der Waals surface area contributed by atoms with Crippen LogP contribution in [0.25, 0.3) is 0 Å². The molecule has 1 rings (SSSR count). The fourth-order valence-corrected chi connectivity index (χ4v) is 1.30. The SMILES string of the molecule is Cc1c(C)c(C)n(C)c1C.[HH]. The summed E-state index contributed by atoms with van der Waals surface area (Å²) in [4.78, 5) is 0. The molecule has 1 heterocycles. The first-order valence-corrected chi connectivity index (χ1v) is 3.64. The van der Waals surface area contributed by atoms with E-state index < -0.39 is 0 Å². The number of hydrogen-bond donors (Lipinski definition) is 0. The maximum absolute atomic E-state index is 2.24. The molecule has 0 bridgehead atoms. The molecule has 0 atom stereocenters. The molecule has 0 saturated carbocycles. The molecule has 0 unspecified atom stereocenters. The van der Waals surface area contributed by atoms with E-state index >= 15 is 0 Å². The highest BCUT2D eigenvalue weighted by molar-refractivity contribution is 5.34. The number of rotatable bonds is 0. The molecule has 1 nitrogen and oxygen atoms in total. The molecule has 1 heteroatoms. The van der Waals surface area contributed by atoms with Gasteiger partial charge in [-0.05, 0) is 38.8 Å². The van der Waals surface area contributed by atoms with Gasteiger partial charge in [0.1, 0.15) is 0 Å². The van der Waals surface area contributed by atoms with Crippen molar-refractivity contribution in [2.24, 2.45) is 7.05 Å². The van der Waals surface area contributed by atoms with Crippen molar-refractivity contribution in [1.82, 2.24) is 4.57 Å². The van der Waals surface area contributed by atoms with Crippen LogP contribution in [0.15, 0.2) is 0 Å². The van der Waals surface area contributed by atoms with Crippen LogP contribution in [0.4, 0.5) is 0 Å². The standard InChI is InChI=1S/C9H15N.H2/c1-6-7(2)9(4)10(5)8(6)3;/h1-5H3;1H. The first-order chi connectivity index (χ1) is 4.55. The Balaban J connectivity index is 0.000001000. The van der Waals surface area contributed by atoms with Gasteiger partial charge in [-0.1, -0.05) is 0 Å². The van der Waals surface area contributed by atoms with Crippen LogP contribution >= 0.6 is 0 Å². The van der Waals surface area contributed by atoms with Gasteiger partial charge in [-0.2, -0.15) is 0 Å². The molecular weight excluding hydrogens is 122 g/mol. The van der Waals surface area contributed by atoms with E-state index in [1.54, 1.807) is 0 Å². The summed E-state index contributed by atoms with van der Waals surface area (Å²) in [5.41, 5.74) is 5.63. The molecule has 1 aromatic heterocycles. The summed E-state index contributed by atoms with van der Waals surface area (Å²) < 4.78 is 2.24. The highest BCUT2D eigenvalue weighted by Crippen LogP contribution is 2.17. The van der Waals surface area contributed by atoms with E-state index in [0.29, 0.717) is 0 Å². The average Bonchev–Trinajstić information content (AvgIpc) is 2.07. The van der Waals surface area contributed by atoms with Gasteiger partial charge in [0.2, 0.25) is 0 Å². The molecule has 0 aliphatic carbocycles. The molecule has 0 aliphatic rings. The molecular formula is C9H17N. The van der Waals surface area contributed by atoms with E-state index in [1.807, 2.05) is 0 Å². The third-order valence-electron chi connectivity index (χ3n) is 2.65. The van der Waals surface area contributed by atoms with Crippen LogP contribution in [-0.4, -0.2) is 4.57 Å². The van der Waals surface area contributed by atoms with Crippen molar-refractivity contribution in [3.8, 4) is 0 Å². The van der Waals surface area contributed by atoms with Crippen LogP contribution in [0.5, 0.6) is 0 Å². The van der Waals surface area contributed by atoms with Crippen molar-refractivity contribution in [1.29, 1.82) is 0 Å². The molecule has 10 heavy (non-hydrogen) atoms. The van der Waals surface area contributed by atoms with Gasteiger partial charge in [-0.25, -0.2) is 0 Å². The minimum Gasteiger partial charge on any atom is -0.352 e. The summed E-state index contributed by atoms with van der Waals surface area (Å²) >= 11 is 0. The maximum Gasteiger partial charge on any atom is 0.0175 e. The van der Waals surface area contributed by atoms with E-state index in [0.717, 1.165) is 0 Å². The zero-order valence-corrected chi connectivity index (χ0v) is 7.45. The van der Waals surface area contributed by atoms with Gasteiger partial charge in [-0.15, -0.1) is 0 Å². The Morgan fingerprint density at radius 2 is 1.20 bits per heavy atom. The van der Waals surface area contributed by atoms with Gasteiger partial charge in [0.15, 0.2) is 0 Å². The van der Waals surface area contributed by atoms with Gasteiger partial charge in [-0.3, -0.25) is 0 Å². The average molecular weight is 139 g/mol. The lowest BCUT2D eigenvalue weighted by Gasteiger charge is -1.98. The van der Waals surface area contributed by atoms with E-state index in [9.17, 15) is 0 Å². The Kier molecular flexibility index (Phi) is 1.59. The molecule has 0 aliphatic heterocycles. The lowest BCUT2D eigenvalue weighted by Crippen LogP contribution is -1.92. The topological polar surface area (TPSA) is 4.93 Å². The van der Waals surface area contributed by atoms with Gasteiger partial charge in [0.05, 0.1) is 0 Å². The van der Waals surface area contributed by atoms with Gasteiger partial charge < -0.3 is 4.57 Å². The van der Waals surface area contributed by atoms with E-state index in [1.165, 1.54) is 22.5 Å². The first kappa shape index (κ1) is 7.39. The Hall–Kier alpha value is -0.720. The summed E-state index contributed by atoms with van der Waals surface area (Å²) in [6.45, 7) is 8.68. The van der Waals surface area contributed by atoms with Crippen LogP contribution in [0.3, 0.4) is 0 Å².